The number of amides is 1. The molecule has 2 aromatic rings. The van der Waals surface area contributed by atoms with Gasteiger partial charge in [0, 0.05) is 13.1 Å². The number of carbonyl (C=O) groups excluding carboxylic acids is 2. The summed E-state index contributed by atoms with van der Waals surface area (Å²) in [5.41, 5.74) is 7.24. The second-order valence-corrected chi connectivity index (χ2v) is 7.10. The van der Waals surface area contributed by atoms with Crippen molar-refractivity contribution in [2.24, 2.45) is 0 Å². The van der Waals surface area contributed by atoms with Crippen LogP contribution in [0.1, 0.15) is 32.9 Å². The number of hydrogen-bond donors (Lipinski definition) is 1. The number of carbonyl (C=O) groups is 2. The average molecular weight is 363 g/mol. The van der Waals surface area contributed by atoms with E-state index in [4.69, 9.17) is 22.7 Å². The zero-order valence-corrected chi connectivity index (χ0v) is 14.8. The van der Waals surface area contributed by atoms with Crippen LogP contribution in [0.3, 0.4) is 0 Å². The zero-order chi connectivity index (χ0) is 17.3. The van der Waals surface area contributed by atoms with Gasteiger partial charge in [0.2, 0.25) is 0 Å². The Balaban J connectivity index is 2.02. The summed E-state index contributed by atoms with van der Waals surface area (Å²) >= 11 is 6.58. The lowest BCUT2D eigenvalue weighted by atomic mass is 10.2. The quantitative estimate of drug-likeness (QED) is 0.670. The highest BCUT2D eigenvalue weighted by atomic mass is 32.1. The second-order valence-electron chi connectivity index (χ2n) is 5.46. The number of esters is 1. The van der Waals surface area contributed by atoms with Crippen molar-refractivity contribution in [3.8, 4) is 5.69 Å². The Bertz CT molecular complexity index is 850. The van der Waals surface area contributed by atoms with E-state index < -0.39 is 5.97 Å². The number of nitrogens with zero attached hydrogens (tertiary/aromatic N) is 2. The lowest BCUT2D eigenvalue weighted by Gasteiger charge is -2.14. The number of likely N-dealkylation sites (tertiary alicyclic amines) is 1. The van der Waals surface area contributed by atoms with Crippen molar-refractivity contribution in [2.75, 3.05) is 25.9 Å². The second kappa shape index (κ2) is 6.74. The fraction of sp³-hybridized carbons (Fsp3) is 0.312. The van der Waals surface area contributed by atoms with Crippen LogP contribution >= 0.6 is 23.6 Å². The molecular weight excluding hydrogens is 346 g/mol. The van der Waals surface area contributed by atoms with Crippen LogP contribution in [0.5, 0.6) is 0 Å². The van der Waals surface area contributed by atoms with E-state index in [1.54, 1.807) is 33.7 Å². The number of thiazole rings is 1. The largest absolute Gasteiger partial charge is 0.465 e. The van der Waals surface area contributed by atoms with E-state index in [2.05, 4.69) is 0 Å². The van der Waals surface area contributed by atoms with Crippen molar-refractivity contribution in [2.45, 2.75) is 12.8 Å². The molecular formula is C16H17N3O3S2. The molecule has 1 aromatic heterocycles. The van der Waals surface area contributed by atoms with Crippen molar-refractivity contribution < 1.29 is 14.3 Å². The van der Waals surface area contributed by atoms with Gasteiger partial charge in [0.1, 0.15) is 10.7 Å². The highest BCUT2D eigenvalue weighted by Gasteiger charge is 2.25. The molecule has 0 radical (unpaired) electrons. The highest BCUT2D eigenvalue weighted by molar-refractivity contribution is 7.73. The van der Waals surface area contributed by atoms with Crippen LogP contribution in [0.25, 0.3) is 5.69 Å². The average Bonchev–Trinajstić information content (AvgIpc) is 3.22. The van der Waals surface area contributed by atoms with E-state index >= 15 is 0 Å². The molecule has 0 aliphatic carbocycles. The van der Waals surface area contributed by atoms with Crippen molar-refractivity contribution in [1.29, 1.82) is 0 Å². The predicted molar refractivity (Wildman–Crippen MR) is 95.4 cm³/mol. The predicted octanol–water partition coefficient (Wildman–Crippen LogP) is 2.87. The van der Waals surface area contributed by atoms with Crippen molar-refractivity contribution in [3.63, 3.8) is 0 Å². The van der Waals surface area contributed by atoms with E-state index in [0.717, 1.165) is 25.9 Å². The molecule has 1 saturated heterocycles. The summed E-state index contributed by atoms with van der Waals surface area (Å²) in [6.07, 6.45) is 2.03. The van der Waals surface area contributed by atoms with Gasteiger partial charge in [-0.15, -0.1) is 0 Å². The summed E-state index contributed by atoms with van der Waals surface area (Å²) in [5.74, 6) is -0.210. The number of ether oxygens (including phenoxy) is 1. The van der Waals surface area contributed by atoms with Gasteiger partial charge < -0.3 is 15.4 Å². The van der Waals surface area contributed by atoms with Crippen LogP contribution in [-0.4, -0.2) is 41.5 Å². The number of nitrogen functional groups attached to an aromatic ring is 1. The number of nitrogens with two attached hydrogens (primary N) is 1. The first-order chi connectivity index (χ1) is 11.5. The van der Waals surface area contributed by atoms with E-state index in [1.165, 1.54) is 18.4 Å². The van der Waals surface area contributed by atoms with Gasteiger partial charge in [-0.2, -0.15) is 0 Å². The molecule has 126 valence electrons. The molecule has 1 amide bonds. The number of anilines is 1. The van der Waals surface area contributed by atoms with Crippen LogP contribution in [0.4, 0.5) is 5.82 Å². The summed E-state index contributed by atoms with van der Waals surface area (Å²) in [6, 6.07) is 6.81. The Labute approximate surface area is 148 Å². The molecule has 1 aliphatic rings. The number of methoxy groups -OCH3 is 1. The molecule has 24 heavy (non-hydrogen) atoms. The zero-order valence-electron chi connectivity index (χ0n) is 13.2. The van der Waals surface area contributed by atoms with E-state index in [9.17, 15) is 9.59 Å². The lowest BCUT2D eigenvalue weighted by molar-refractivity contribution is 0.0600. The van der Waals surface area contributed by atoms with Gasteiger partial charge in [0.25, 0.3) is 5.91 Å². The Kier molecular flexibility index (Phi) is 4.68. The molecule has 1 aromatic carbocycles. The summed E-state index contributed by atoms with van der Waals surface area (Å²) in [5, 5.41) is 0. The van der Waals surface area contributed by atoms with Gasteiger partial charge in [-0.3, -0.25) is 9.36 Å². The lowest BCUT2D eigenvalue weighted by Crippen LogP contribution is -2.27. The van der Waals surface area contributed by atoms with E-state index in [-0.39, 0.29) is 5.91 Å². The highest BCUT2D eigenvalue weighted by Crippen LogP contribution is 2.28. The SMILES string of the molecule is COC(=O)c1cccc(-n2c(N)c(C(=O)N3CCCC3)sc2=S)c1. The minimum absolute atomic E-state index is 0.0797. The van der Waals surface area contributed by atoms with Crippen LogP contribution < -0.4 is 5.73 Å². The standard InChI is InChI=1S/C16H17N3O3S2/c1-22-15(21)10-5-4-6-11(9-10)19-13(17)12(24-16(19)23)14(20)18-7-2-3-8-18/h4-6,9H,2-3,7-8,17H2,1H3. The molecule has 1 aliphatic heterocycles. The first kappa shape index (κ1) is 16.7. The molecule has 2 N–H and O–H groups in total. The Morgan fingerprint density at radius 1 is 1.29 bits per heavy atom. The maximum absolute atomic E-state index is 12.6. The fourth-order valence-electron chi connectivity index (χ4n) is 2.74. The topological polar surface area (TPSA) is 77.6 Å². The third-order valence-corrected chi connectivity index (χ3v) is 5.34. The van der Waals surface area contributed by atoms with Crippen LogP contribution in [0, 0.1) is 3.95 Å². The van der Waals surface area contributed by atoms with Crippen molar-refractivity contribution >= 4 is 41.2 Å². The summed E-state index contributed by atoms with van der Waals surface area (Å²) < 4.78 is 6.83. The fourth-order valence-corrected chi connectivity index (χ4v) is 4.07. The first-order valence-electron chi connectivity index (χ1n) is 7.52. The molecule has 1 fully saturated rings. The van der Waals surface area contributed by atoms with Crippen LogP contribution in [-0.2, 0) is 4.74 Å². The van der Waals surface area contributed by atoms with Crippen molar-refractivity contribution in [3.05, 3.63) is 38.7 Å². The molecule has 0 unspecified atom stereocenters. The van der Waals surface area contributed by atoms with Gasteiger partial charge in [0.15, 0.2) is 3.95 Å². The third-order valence-electron chi connectivity index (χ3n) is 3.96. The normalized spacial score (nSPS) is 14.0. The molecule has 0 atom stereocenters. The molecule has 0 spiro atoms. The maximum Gasteiger partial charge on any atom is 0.337 e. The summed E-state index contributed by atoms with van der Waals surface area (Å²) in [6.45, 7) is 1.50. The molecule has 3 rings (SSSR count). The Morgan fingerprint density at radius 2 is 2.00 bits per heavy atom. The van der Waals surface area contributed by atoms with Crippen LogP contribution in [0.15, 0.2) is 24.3 Å². The van der Waals surface area contributed by atoms with Crippen LogP contribution in [0.2, 0.25) is 0 Å². The minimum Gasteiger partial charge on any atom is -0.465 e. The molecule has 8 heteroatoms. The number of rotatable bonds is 3. The van der Waals surface area contributed by atoms with E-state index in [0.29, 0.717) is 25.9 Å². The van der Waals surface area contributed by atoms with Gasteiger partial charge >= 0.3 is 5.97 Å². The number of aromatic nitrogens is 1. The van der Waals surface area contributed by atoms with Gasteiger partial charge in [-0.05, 0) is 43.3 Å². The van der Waals surface area contributed by atoms with Gasteiger partial charge in [0.05, 0.1) is 18.4 Å². The van der Waals surface area contributed by atoms with Gasteiger partial charge in [-0.1, -0.05) is 17.4 Å². The summed E-state index contributed by atoms with van der Waals surface area (Å²) in [7, 11) is 1.33. The third kappa shape index (κ3) is 2.94. The Morgan fingerprint density at radius 3 is 2.67 bits per heavy atom. The monoisotopic (exact) mass is 363 g/mol. The number of hydrogen-bond acceptors (Lipinski definition) is 6. The Hall–Kier alpha value is -2.19. The smallest absolute Gasteiger partial charge is 0.337 e. The van der Waals surface area contributed by atoms with E-state index in [1.807, 2.05) is 0 Å². The molecule has 6 nitrogen and oxygen atoms in total. The molecule has 0 bridgehead atoms. The summed E-state index contributed by atoms with van der Waals surface area (Å²) in [4.78, 5) is 26.6. The van der Waals surface area contributed by atoms with Gasteiger partial charge in [-0.25, -0.2) is 4.79 Å². The molecule has 0 saturated carbocycles. The first-order valence-corrected chi connectivity index (χ1v) is 8.74. The van der Waals surface area contributed by atoms with Crippen molar-refractivity contribution in [1.82, 2.24) is 9.47 Å². The number of benzene rings is 1. The minimum atomic E-state index is -0.439. The maximum atomic E-state index is 12.6. The molecule has 2 heterocycles.